The third-order valence-corrected chi connectivity index (χ3v) is 5.66. The number of carbonyl (C=O) groups is 1. The van der Waals surface area contributed by atoms with Gasteiger partial charge in [-0.05, 0) is 50.5 Å². The van der Waals surface area contributed by atoms with Crippen LogP contribution in [0.1, 0.15) is 31.4 Å². The van der Waals surface area contributed by atoms with E-state index in [4.69, 9.17) is 4.98 Å². The fourth-order valence-corrected chi connectivity index (χ4v) is 4.09. The van der Waals surface area contributed by atoms with Gasteiger partial charge in [-0.25, -0.2) is 4.98 Å². The van der Waals surface area contributed by atoms with E-state index in [1.54, 1.807) is 10.6 Å². The van der Waals surface area contributed by atoms with Crippen molar-refractivity contribution in [3.05, 3.63) is 63.9 Å². The van der Waals surface area contributed by atoms with Gasteiger partial charge in [0.2, 0.25) is 5.91 Å². The second kappa shape index (κ2) is 8.61. The van der Waals surface area contributed by atoms with Crippen LogP contribution in [0.15, 0.2) is 52.4 Å². The number of nitrogens with one attached hydrogen (secondary N) is 1. The maximum absolute atomic E-state index is 13.4. The average molecular weight is 396 g/mol. The number of nitrogens with zero attached hydrogens (tertiary/aromatic N) is 2. The maximum Gasteiger partial charge on any atom is 0.266 e. The smallest absolute Gasteiger partial charge is 0.266 e. The van der Waals surface area contributed by atoms with E-state index in [0.717, 1.165) is 23.2 Å². The molecule has 1 heterocycles. The SMILES string of the molecule is CCCNC(=O)[C@@H](C)Sc1nc2ccccc2c(=O)n1-c1c(C)cccc1C. The molecule has 0 unspecified atom stereocenters. The second-order valence-electron chi connectivity index (χ2n) is 6.84. The Morgan fingerprint density at radius 1 is 1.14 bits per heavy atom. The van der Waals surface area contributed by atoms with Gasteiger partial charge in [-0.2, -0.15) is 0 Å². The van der Waals surface area contributed by atoms with Crippen LogP contribution in [0.3, 0.4) is 0 Å². The largest absolute Gasteiger partial charge is 0.355 e. The molecule has 146 valence electrons. The first-order chi connectivity index (χ1) is 13.4. The average Bonchev–Trinajstić information content (AvgIpc) is 2.68. The van der Waals surface area contributed by atoms with Crippen LogP contribution >= 0.6 is 11.8 Å². The van der Waals surface area contributed by atoms with Gasteiger partial charge in [0, 0.05) is 6.54 Å². The Labute approximate surface area is 169 Å². The molecule has 1 aromatic heterocycles. The van der Waals surface area contributed by atoms with Crippen molar-refractivity contribution in [1.29, 1.82) is 0 Å². The van der Waals surface area contributed by atoms with E-state index in [9.17, 15) is 9.59 Å². The highest BCUT2D eigenvalue weighted by atomic mass is 32.2. The highest BCUT2D eigenvalue weighted by molar-refractivity contribution is 8.00. The summed E-state index contributed by atoms with van der Waals surface area (Å²) in [5, 5.41) is 3.64. The number of hydrogen-bond donors (Lipinski definition) is 1. The van der Waals surface area contributed by atoms with Gasteiger partial charge in [0.05, 0.1) is 21.8 Å². The summed E-state index contributed by atoms with van der Waals surface area (Å²) in [4.78, 5) is 30.5. The van der Waals surface area contributed by atoms with E-state index in [-0.39, 0.29) is 16.7 Å². The minimum atomic E-state index is -0.366. The third kappa shape index (κ3) is 3.97. The highest BCUT2D eigenvalue weighted by Gasteiger charge is 2.21. The lowest BCUT2D eigenvalue weighted by Gasteiger charge is -2.19. The molecule has 1 atom stereocenters. The number of hydrogen-bond acceptors (Lipinski definition) is 4. The molecule has 2 aromatic carbocycles. The minimum Gasteiger partial charge on any atom is -0.355 e. The van der Waals surface area contributed by atoms with E-state index < -0.39 is 0 Å². The Kier molecular flexibility index (Phi) is 6.19. The van der Waals surface area contributed by atoms with Gasteiger partial charge in [0.15, 0.2) is 5.16 Å². The number of thioether (sulfide) groups is 1. The normalized spacial score (nSPS) is 12.1. The van der Waals surface area contributed by atoms with Gasteiger partial charge in [-0.15, -0.1) is 0 Å². The van der Waals surface area contributed by atoms with E-state index in [0.29, 0.717) is 22.6 Å². The number of aryl methyl sites for hydroxylation is 2. The first-order valence-electron chi connectivity index (χ1n) is 9.46. The summed E-state index contributed by atoms with van der Waals surface area (Å²) in [7, 11) is 0. The van der Waals surface area contributed by atoms with Crippen molar-refractivity contribution in [2.45, 2.75) is 44.5 Å². The number of rotatable bonds is 6. The topological polar surface area (TPSA) is 64.0 Å². The first-order valence-corrected chi connectivity index (χ1v) is 10.3. The van der Waals surface area contributed by atoms with Crippen LogP contribution in [0.2, 0.25) is 0 Å². The van der Waals surface area contributed by atoms with Crippen molar-refractivity contribution in [3.8, 4) is 5.69 Å². The zero-order chi connectivity index (χ0) is 20.3. The van der Waals surface area contributed by atoms with Crippen LogP contribution in [0.25, 0.3) is 16.6 Å². The lowest BCUT2D eigenvalue weighted by molar-refractivity contribution is -0.120. The fourth-order valence-electron chi connectivity index (χ4n) is 3.15. The molecule has 0 saturated carbocycles. The zero-order valence-corrected chi connectivity index (χ0v) is 17.5. The highest BCUT2D eigenvalue weighted by Crippen LogP contribution is 2.27. The first kappa shape index (κ1) is 20.1. The van der Waals surface area contributed by atoms with E-state index in [2.05, 4.69) is 5.32 Å². The number of benzene rings is 2. The van der Waals surface area contributed by atoms with Crippen molar-refractivity contribution in [2.24, 2.45) is 0 Å². The summed E-state index contributed by atoms with van der Waals surface area (Å²) in [5.74, 6) is -0.0534. The van der Waals surface area contributed by atoms with Crippen molar-refractivity contribution in [3.63, 3.8) is 0 Å². The minimum absolute atomic E-state index is 0.0534. The molecule has 0 aliphatic carbocycles. The van der Waals surface area contributed by atoms with Gasteiger partial charge in [-0.1, -0.05) is 49.0 Å². The zero-order valence-electron chi connectivity index (χ0n) is 16.7. The molecule has 5 nitrogen and oxygen atoms in total. The standard InChI is InChI=1S/C22H25N3O2S/c1-5-13-23-20(26)16(4)28-22-24-18-12-7-6-11-17(18)21(27)25(22)19-14(2)9-8-10-15(19)3/h6-12,16H,5,13H2,1-4H3,(H,23,26)/t16-/m1/s1. The fraction of sp³-hybridized carbons (Fsp3) is 0.318. The number of aromatic nitrogens is 2. The molecule has 3 aromatic rings. The van der Waals surface area contributed by atoms with Gasteiger partial charge >= 0.3 is 0 Å². The summed E-state index contributed by atoms with van der Waals surface area (Å²) in [6, 6.07) is 13.3. The van der Waals surface area contributed by atoms with Crippen molar-refractivity contribution >= 4 is 28.6 Å². The Balaban J connectivity index is 2.18. The number of fused-ring (bicyclic) bond motifs is 1. The number of amides is 1. The molecular weight excluding hydrogens is 370 g/mol. The molecule has 3 rings (SSSR count). The predicted octanol–water partition coefficient (Wildman–Crippen LogP) is 4.01. The van der Waals surface area contributed by atoms with Crippen molar-refractivity contribution < 1.29 is 4.79 Å². The van der Waals surface area contributed by atoms with Gasteiger partial charge in [-0.3, -0.25) is 14.2 Å². The van der Waals surface area contributed by atoms with E-state index in [1.807, 2.05) is 64.1 Å². The predicted molar refractivity (Wildman–Crippen MR) is 115 cm³/mol. The molecule has 0 radical (unpaired) electrons. The molecule has 0 saturated heterocycles. The molecule has 0 bridgehead atoms. The van der Waals surface area contributed by atoms with E-state index >= 15 is 0 Å². The van der Waals surface area contributed by atoms with Crippen LogP contribution in [-0.2, 0) is 4.79 Å². The van der Waals surface area contributed by atoms with Crippen molar-refractivity contribution in [2.75, 3.05) is 6.54 Å². The lowest BCUT2D eigenvalue weighted by atomic mass is 10.1. The molecule has 6 heteroatoms. The molecule has 1 amide bonds. The van der Waals surface area contributed by atoms with Crippen LogP contribution < -0.4 is 10.9 Å². The number of para-hydroxylation sites is 2. The molecular formula is C22H25N3O2S. The van der Waals surface area contributed by atoms with Crippen molar-refractivity contribution in [1.82, 2.24) is 14.9 Å². The Bertz CT molecular complexity index is 1050. The maximum atomic E-state index is 13.4. The van der Waals surface area contributed by atoms with Gasteiger partial charge in [0.1, 0.15) is 0 Å². The molecule has 1 N–H and O–H groups in total. The molecule has 0 spiro atoms. The number of carbonyl (C=O) groups excluding carboxylic acids is 1. The Morgan fingerprint density at radius 3 is 2.50 bits per heavy atom. The van der Waals surface area contributed by atoms with Crippen LogP contribution in [0, 0.1) is 13.8 Å². The molecule has 0 aliphatic rings. The second-order valence-corrected chi connectivity index (χ2v) is 8.15. The Hall–Kier alpha value is -2.60. The van der Waals surface area contributed by atoms with Gasteiger partial charge in [0.25, 0.3) is 5.56 Å². The van der Waals surface area contributed by atoms with Crippen LogP contribution in [0.4, 0.5) is 0 Å². The molecule has 0 fully saturated rings. The molecule has 28 heavy (non-hydrogen) atoms. The summed E-state index contributed by atoms with van der Waals surface area (Å²) in [6.07, 6.45) is 0.879. The summed E-state index contributed by atoms with van der Waals surface area (Å²) >= 11 is 1.31. The lowest BCUT2D eigenvalue weighted by Crippen LogP contribution is -2.32. The monoisotopic (exact) mass is 395 g/mol. The quantitative estimate of drug-likeness (QED) is 0.506. The van der Waals surface area contributed by atoms with E-state index in [1.165, 1.54) is 11.8 Å². The summed E-state index contributed by atoms with van der Waals surface area (Å²) in [5.41, 5.74) is 3.33. The third-order valence-electron chi connectivity index (χ3n) is 4.61. The van der Waals surface area contributed by atoms with Crippen LogP contribution in [0.5, 0.6) is 0 Å². The summed E-state index contributed by atoms with van der Waals surface area (Å²) < 4.78 is 1.65. The molecule has 0 aliphatic heterocycles. The summed E-state index contributed by atoms with van der Waals surface area (Å²) in [6.45, 7) is 8.46. The Morgan fingerprint density at radius 2 is 1.82 bits per heavy atom. The van der Waals surface area contributed by atoms with Gasteiger partial charge < -0.3 is 5.32 Å². The van der Waals surface area contributed by atoms with Crippen LogP contribution in [-0.4, -0.2) is 27.3 Å².